The minimum atomic E-state index is -0.590. The van der Waals surface area contributed by atoms with Crippen LogP contribution in [0.5, 0.6) is 5.75 Å². The number of esters is 1. The van der Waals surface area contributed by atoms with Crippen molar-refractivity contribution >= 4 is 17.6 Å². The Kier molecular flexibility index (Phi) is 6.57. The summed E-state index contributed by atoms with van der Waals surface area (Å²) in [6.07, 6.45) is 0.911. The van der Waals surface area contributed by atoms with Crippen molar-refractivity contribution in [2.45, 2.75) is 32.8 Å². The van der Waals surface area contributed by atoms with Crippen molar-refractivity contribution in [1.29, 1.82) is 0 Å². The minimum Gasteiger partial charge on any atom is -0.481 e. The summed E-state index contributed by atoms with van der Waals surface area (Å²) in [6, 6.07) is 14.3. The van der Waals surface area contributed by atoms with E-state index < -0.39 is 12.1 Å². The van der Waals surface area contributed by atoms with Gasteiger partial charge in [-0.2, -0.15) is 0 Å². The number of benzene rings is 2. The molecule has 0 aliphatic carbocycles. The molecule has 132 valence electrons. The first kappa shape index (κ1) is 18.5. The zero-order valence-corrected chi connectivity index (χ0v) is 14.7. The summed E-state index contributed by atoms with van der Waals surface area (Å²) in [4.78, 5) is 23.8. The number of hydrogen-bond donors (Lipinski definition) is 1. The number of aryl methyl sites for hydroxylation is 1. The summed E-state index contributed by atoms with van der Waals surface area (Å²) in [5.74, 6) is 0.0243. The van der Waals surface area contributed by atoms with Crippen LogP contribution in [0.15, 0.2) is 48.5 Å². The van der Waals surface area contributed by atoms with E-state index in [-0.39, 0.29) is 5.91 Å². The second-order valence-corrected chi connectivity index (χ2v) is 5.57. The SMILES string of the molecule is CCc1ccc(O[C@H](CC)C(=O)Nc2ccc(C(=O)OC)cc2)cc1. The Morgan fingerprint density at radius 1 is 1.00 bits per heavy atom. The van der Waals surface area contributed by atoms with Gasteiger partial charge in [-0.25, -0.2) is 4.79 Å². The van der Waals surface area contributed by atoms with E-state index in [0.717, 1.165) is 6.42 Å². The fraction of sp³-hybridized carbons (Fsp3) is 0.300. The molecule has 2 rings (SSSR count). The third-order valence-electron chi connectivity index (χ3n) is 3.85. The molecule has 0 aromatic heterocycles. The van der Waals surface area contributed by atoms with Gasteiger partial charge < -0.3 is 14.8 Å². The highest BCUT2D eigenvalue weighted by Gasteiger charge is 2.18. The Morgan fingerprint density at radius 3 is 2.16 bits per heavy atom. The van der Waals surface area contributed by atoms with Crippen LogP contribution in [0.3, 0.4) is 0 Å². The van der Waals surface area contributed by atoms with E-state index in [1.54, 1.807) is 24.3 Å². The van der Waals surface area contributed by atoms with Crippen molar-refractivity contribution in [3.63, 3.8) is 0 Å². The molecule has 1 amide bonds. The summed E-state index contributed by atoms with van der Waals surface area (Å²) in [5, 5.41) is 2.80. The molecule has 0 radical (unpaired) electrons. The number of carbonyl (C=O) groups is 2. The van der Waals surface area contributed by atoms with E-state index in [9.17, 15) is 9.59 Å². The highest BCUT2D eigenvalue weighted by molar-refractivity contribution is 5.95. The molecular formula is C20H23NO4. The molecule has 2 aromatic carbocycles. The Bertz CT molecular complexity index is 707. The van der Waals surface area contributed by atoms with Crippen LogP contribution in [0.1, 0.15) is 36.2 Å². The maximum Gasteiger partial charge on any atom is 0.337 e. The number of ether oxygens (including phenoxy) is 2. The molecule has 0 aliphatic heterocycles. The molecule has 0 spiro atoms. The van der Waals surface area contributed by atoms with Crippen LogP contribution in [0, 0.1) is 0 Å². The summed E-state index contributed by atoms with van der Waals surface area (Å²) in [6.45, 7) is 3.98. The van der Waals surface area contributed by atoms with Crippen molar-refractivity contribution in [1.82, 2.24) is 0 Å². The minimum absolute atomic E-state index is 0.229. The van der Waals surface area contributed by atoms with Gasteiger partial charge in [-0.3, -0.25) is 4.79 Å². The van der Waals surface area contributed by atoms with Crippen molar-refractivity contribution < 1.29 is 19.1 Å². The lowest BCUT2D eigenvalue weighted by atomic mass is 10.1. The van der Waals surface area contributed by atoms with Gasteiger partial charge in [0, 0.05) is 5.69 Å². The molecule has 0 bridgehead atoms. The zero-order valence-electron chi connectivity index (χ0n) is 14.7. The molecule has 0 heterocycles. The molecule has 0 fully saturated rings. The standard InChI is InChI=1S/C20H23NO4/c1-4-14-6-12-17(13-7-14)25-18(5-2)19(22)21-16-10-8-15(9-11-16)20(23)24-3/h6-13,18H,4-5H2,1-3H3,(H,21,22)/t18-/m1/s1. The number of hydrogen-bond acceptors (Lipinski definition) is 4. The lowest BCUT2D eigenvalue weighted by Gasteiger charge is -2.17. The largest absolute Gasteiger partial charge is 0.481 e. The van der Waals surface area contributed by atoms with Gasteiger partial charge in [-0.15, -0.1) is 0 Å². The summed E-state index contributed by atoms with van der Waals surface area (Å²) in [7, 11) is 1.33. The maximum absolute atomic E-state index is 12.4. The Morgan fingerprint density at radius 2 is 1.64 bits per heavy atom. The predicted molar refractivity (Wildman–Crippen MR) is 96.9 cm³/mol. The van der Waals surface area contributed by atoms with E-state index in [4.69, 9.17) is 4.74 Å². The monoisotopic (exact) mass is 341 g/mol. The fourth-order valence-corrected chi connectivity index (χ4v) is 2.32. The van der Waals surface area contributed by atoms with E-state index in [1.165, 1.54) is 12.7 Å². The van der Waals surface area contributed by atoms with Gasteiger partial charge in [0.2, 0.25) is 0 Å². The van der Waals surface area contributed by atoms with Crippen molar-refractivity contribution in [3.05, 3.63) is 59.7 Å². The van der Waals surface area contributed by atoms with Gasteiger partial charge in [0.25, 0.3) is 5.91 Å². The predicted octanol–water partition coefficient (Wildman–Crippen LogP) is 3.83. The lowest BCUT2D eigenvalue weighted by molar-refractivity contribution is -0.122. The third kappa shape index (κ3) is 5.08. The number of carbonyl (C=O) groups excluding carboxylic acids is 2. The Labute approximate surface area is 148 Å². The van der Waals surface area contributed by atoms with Crippen LogP contribution >= 0.6 is 0 Å². The van der Waals surface area contributed by atoms with Crippen LogP contribution in [-0.2, 0) is 16.0 Å². The van der Waals surface area contributed by atoms with E-state index >= 15 is 0 Å². The molecule has 0 aliphatic rings. The molecule has 0 saturated heterocycles. The molecule has 0 saturated carbocycles. The molecule has 2 aromatic rings. The smallest absolute Gasteiger partial charge is 0.337 e. The molecule has 0 unspecified atom stereocenters. The summed E-state index contributed by atoms with van der Waals surface area (Å²) < 4.78 is 10.4. The molecular weight excluding hydrogens is 318 g/mol. The molecule has 5 heteroatoms. The summed E-state index contributed by atoms with van der Waals surface area (Å²) >= 11 is 0. The number of amides is 1. The Balaban J connectivity index is 2.00. The topological polar surface area (TPSA) is 64.6 Å². The van der Waals surface area contributed by atoms with E-state index in [2.05, 4.69) is 17.0 Å². The Hall–Kier alpha value is -2.82. The van der Waals surface area contributed by atoms with Gasteiger partial charge in [-0.1, -0.05) is 26.0 Å². The van der Waals surface area contributed by atoms with E-state index in [1.807, 2.05) is 31.2 Å². The molecule has 1 N–H and O–H groups in total. The van der Waals surface area contributed by atoms with Gasteiger partial charge in [0.15, 0.2) is 6.10 Å². The first-order chi connectivity index (χ1) is 12.1. The van der Waals surface area contributed by atoms with E-state index in [0.29, 0.717) is 23.4 Å². The van der Waals surface area contributed by atoms with Gasteiger partial charge in [0.05, 0.1) is 12.7 Å². The average Bonchev–Trinajstić information content (AvgIpc) is 2.66. The number of anilines is 1. The maximum atomic E-state index is 12.4. The van der Waals surface area contributed by atoms with Gasteiger partial charge in [0.1, 0.15) is 5.75 Å². The zero-order chi connectivity index (χ0) is 18.2. The van der Waals surface area contributed by atoms with Crippen LogP contribution in [0.25, 0.3) is 0 Å². The van der Waals surface area contributed by atoms with Crippen LogP contribution < -0.4 is 10.1 Å². The van der Waals surface area contributed by atoms with Crippen molar-refractivity contribution in [2.75, 3.05) is 12.4 Å². The first-order valence-corrected chi connectivity index (χ1v) is 8.32. The van der Waals surface area contributed by atoms with Gasteiger partial charge >= 0.3 is 5.97 Å². The molecule has 5 nitrogen and oxygen atoms in total. The highest BCUT2D eigenvalue weighted by Crippen LogP contribution is 2.17. The number of rotatable bonds is 7. The second-order valence-electron chi connectivity index (χ2n) is 5.57. The molecule has 1 atom stereocenters. The average molecular weight is 341 g/mol. The summed E-state index contributed by atoms with van der Waals surface area (Å²) in [5.41, 5.74) is 2.25. The number of methoxy groups -OCH3 is 1. The van der Waals surface area contributed by atoms with Crippen LogP contribution in [-0.4, -0.2) is 25.1 Å². The van der Waals surface area contributed by atoms with Gasteiger partial charge in [-0.05, 0) is 54.8 Å². The lowest BCUT2D eigenvalue weighted by Crippen LogP contribution is -2.32. The molecule has 25 heavy (non-hydrogen) atoms. The highest BCUT2D eigenvalue weighted by atomic mass is 16.5. The normalized spacial score (nSPS) is 11.5. The first-order valence-electron chi connectivity index (χ1n) is 8.32. The van der Waals surface area contributed by atoms with Crippen molar-refractivity contribution in [2.24, 2.45) is 0 Å². The fourth-order valence-electron chi connectivity index (χ4n) is 2.32. The van der Waals surface area contributed by atoms with Crippen LogP contribution in [0.2, 0.25) is 0 Å². The number of nitrogens with one attached hydrogen (secondary N) is 1. The van der Waals surface area contributed by atoms with Crippen LogP contribution in [0.4, 0.5) is 5.69 Å². The third-order valence-corrected chi connectivity index (χ3v) is 3.85. The van der Waals surface area contributed by atoms with Crippen molar-refractivity contribution in [3.8, 4) is 5.75 Å². The quantitative estimate of drug-likeness (QED) is 0.777. The second kappa shape index (κ2) is 8.87.